The van der Waals surface area contributed by atoms with Crippen LogP contribution >= 0.6 is 11.8 Å². The van der Waals surface area contributed by atoms with Gasteiger partial charge in [-0.05, 0) is 29.8 Å². The predicted octanol–water partition coefficient (Wildman–Crippen LogP) is 2.71. The molecule has 0 atom stereocenters. The van der Waals surface area contributed by atoms with E-state index in [9.17, 15) is 5.11 Å². The molecule has 9 heteroatoms. The number of hydrogen-bond donors (Lipinski definition) is 0. The van der Waals surface area contributed by atoms with E-state index >= 15 is 0 Å². The smallest absolute Gasteiger partial charge is 0.320 e. The maximum Gasteiger partial charge on any atom is 0.320 e. The summed E-state index contributed by atoms with van der Waals surface area (Å²) >= 11 is 1.20. The standard InChI is InChI=1S/C20H16N6O2S/c1-11(2)26-9-16(28-25-26)21-15(27)10-29-20-22-18-13-7-3-5-12-6-4-8-14(17(12)13)19(18)23-24-20/h3-9,11H,10H2,1-2H3. The molecule has 0 unspecified atom stereocenters. The number of nitrogens with zero attached hydrogens (tertiary/aromatic N) is 6. The van der Waals surface area contributed by atoms with E-state index in [1.165, 1.54) is 11.8 Å². The molecule has 2 heterocycles. The SMILES string of the molecule is CC(C)[n+]1cc(/N=C(\[O-])CSc2nnc3c(n2)-c2cccc4cccc-3c24)on1. The van der Waals surface area contributed by atoms with Crippen LogP contribution in [0.5, 0.6) is 0 Å². The van der Waals surface area contributed by atoms with E-state index < -0.39 is 0 Å². The molecule has 0 aliphatic heterocycles. The van der Waals surface area contributed by atoms with Crippen LogP contribution in [0.4, 0.5) is 5.88 Å². The molecule has 0 amide bonds. The topological polar surface area (TPSA) is 104 Å². The summed E-state index contributed by atoms with van der Waals surface area (Å²) in [6.07, 6.45) is 1.60. The van der Waals surface area contributed by atoms with Gasteiger partial charge in [0.25, 0.3) is 6.20 Å². The predicted molar refractivity (Wildman–Crippen MR) is 107 cm³/mol. The first-order valence-electron chi connectivity index (χ1n) is 9.13. The van der Waals surface area contributed by atoms with Gasteiger partial charge in [-0.1, -0.05) is 48.2 Å². The van der Waals surface area contributed by atoms with Crippen molar-refractivity contribution in [3.05, 3.63) is 42.6 Å². The van der Waals surface area contributed by atoms with Gasteiger partial charge in [0.2, 0.25) is 10.4 Å². The zero-order valence-corrected chi connectivity index (χ0v) is 16.6. The van der Waals surface area contributed by atoms with E-state index in [0.29, 0.717) is 5.16 Å². The number of benzene rings is 2. The maximum atomic E-state index is 12.2. The second kappa shape index (κ2) is 6.93. The van der Waals surface area contributed by atoms with E-state index in [1.807, 2.05) is 38.1 Å². The molecule has 0 N–H and O–H groups in total. The Kier molecular flexibility index (Phi) is 4.24. The molecule has 8 nitrogen and oxygen atoms in total. The fourth-order valence-corrected chi connectivity index (χ4v) is 3.87. The molecule has 2 aromatic heterocycles. The number of thioether (sulfide) groups is 1. The van der Waals surface area contributed by atoms with Gasteiger partial charge in [-0.3, -0.25) is 4.52 Å². The molecule has 0 spiro atoms. The third kappa shape index (κ3) is 3.13. The third-order valence-electron chi connectivity index (χ3n) is 4.64. The lowest BCUT2D eigenvalue weighted by Gasteiger charge is -2.07. The van der Waals surface area contributed by atoms with E-state index in [0.717, 1.165) is 33.3 Å². The highest BCUT2D eigenvalue weighted by Crippen LogP contribution is 2.44. The van der Waals surface area contributed by atoms with Crippen molar-refractivity contribution >= 4 is 34.3 Å². The lowest BCUT2D eigenvalue weighted by molar-refractivity contribution is -0.779. The molecule has 0 radical (unpaired) electrons. The molecule has 5 rings (SSSR count). The lowest BCUT2D eigenvalue weighted by Crippen LogP contribution is -2.36. The van der Waals surface area contributed by atoms with Crippen molar-refractivity contribution in [2.75, 3.05) is 5.75 Å². The van der Waals surface area contributed by atoms with E-state index in [-0.39, 0.29) is 23.6 Å². The Morgan fingerprint density at radius 2 is 1.90 bits per heavy atom. The molecule has 0 fully saturated rings. The molecule has 1 aliphatic carbocycles. The van der Waals surface area contributed by atoms with Crippen LogP contribution in [0.2, 0.25) is 0 Å². The van der Waals surface area contributed by atoms with E-state index in [4.69, 9.17) is 4.52 Å². The van der Waals surface area contributed by atoms with Crippen LogP contribution in [0.1, 0.15) is 19.9 Å². The molecular formula is C20H16N6O2S. The molecule has 2 aromatic carbocycles. The van der Waals surface area contributed by atoms with Gasteiger partial charge < -0.3 is 5.11 Å². The fourth-order valence-electron chi connectivity index (χ4n) is 3.30. The highest BCUT2D eigenvalue weighted by Gasteiger charge is 2.24. The number of aliphatic imine (C=N–C) groups is 1. The van der Waals surface area contributed by atoms with Crippen molar-refractivity contribution < 1.29 is 14.3 Å². The normalized spacial score (nSPS) is 12.7. The van der Waals surface area contributed by atoms with E-state index in [1.54, 1.807) is 10.9 Å². The van der Waals surface area contributed by atoms with Gasteiger partial charge >= 0.3 is 5.88 Å². The molecule has 144 valence electrons. The summed E-state index contributed by atoms with van der Waals surface area (Å²) < 4.78 is 6.65. The second-order valence-electron chi connectivity index (χ2n) is 6.91. The Labute approximate surface area is 170 Å². The summed E-state index contributed by atoms with van der Waals surface area (Å²) in [6, 6.07) is 12.4. The number of aromatic nitrogens is 5. The number of rotatable bonds is 5. The number of fused-ring (bicyclic) bond motifs is 3. The Bertz CT molecular complexity index is 1260. The zero-order valence-electron chi connectivity index (χ0n) is 15.7. The average Bonchev–Trinajstić information content (AvgIpc) is 3.32. The van der Waals surface area contributed by atoms with Crippen LogP contribution in [0.3, 0.4) is 0 Å². The molecule has 1 aliphatic rings. The summed E-state index contributed by atoms with van der Waals surface area (Å²) in [4.78, 5) is 8.58. The minimum atomic E-state index is -0.350. The summed E-state index contributed by atoms with van der Waals surface area (Å²) in [6.45, 7) is 3.92. The molecule has 29 heavy (non-hydrogen) atoms. The quantitative estimate of drug-likeness (QED) is 0.192. The number of hydrogen-bond acceptors (Lipinski definition) is 8. The highest BCUT2D eigenvalue weighted by atomic mass is 32.2. The van der Waals surface area contributed by atoms with Gasteiger partial charge in [-0.2, -0.15) is 0 Å². The first-order chi connectivity index (χ1) is 14.1. The zero-order chi connectivity index (χ0) is 20.0. The molecule has 0 saturated heterocycles. The van der Waals surface area contributed by atoms with Gasteiger partial charge in [0.1, 0.15) is 11.4 Å². The second-order valence-corrected chi connectivity index (χ2v) is 7.85. The Morgan fingerprint density at radius 1 is 1.14 bits per heavy atom. The highest BCUT2D eigenvalue weighted by molar-refractivity contribution is 7.99. The van der Waals surface area contributed by atoms with Gasteiger partial charge in [0.15, 0.2) is 6.04 Å². The largest absolute Gasteiger partial charge is 0.861 e. The van der Waals surface area contributed by atoms with Crippen LogP contribution in [0, 0.1) is 0 Å². The maximum absolute atomic E-state index is 12.2. The molecule has 0 saturated carbocycles. The first kappa shape index (κ1) is 17.7. The Morgan fingerprint density at radius 3 is 2.62 bits per heavy atom. The molecular weight excluding hydrogens is 388 g/mol. The monoisotopic (exact) mass is 404 g/mol. The van der Waals surface area contributed by atoms with Crippen LogP contribution in [0.15, 0.2) is 57.3 Å². The third-order valence-corrected chi connectivity index (χ3v) is 5.46. The van der Waals surface area contributed by atoms with Crippen LogP contribution in [-0.2, 0) is 0 Å². The summed E-state index contributed by atoms with van der Waals surface area (Å²) in [7, 11) is 0. The van der Waals surface area contributed by atoms with Gasteiger partial charge in [-0.15, -0.1) is 10.2 Å². The van der Waals surface area contributed by atoms with Crippen LogP contribution in [-0.4, -0.2) is 32.1 Å². The van der Waals surface area contributed by atoms with Gasteiger partial charge in [0.05, 0.1) is 0 Å². The fraction of sp³-hybridized carbons (Fsp3) is 0.200. The van der Waals surface area contributed by atoms with Crippen molar-refractivity contribution in [3.63, 3.8) is 0 Å². The lowest BCUT2D eigenvalue weighted by atomic mass is 10.0. The minimum absolute atomic E-state index is 0.0833. The summed E-state index contributed by atoms with van der Waals surface area (Å²) in [5.41, 5.74) is 3.66. The molecule has 0 bridgehead atoms. The first-order valence-corrected chi connectivity index (χ1v) is 10.1. The summed E-state index contributed by atoms with van der Waals surface area (Å²) in [5, 5.41) is 27.3. The molecule has 4 aromatic rings. The van der Waals surface area contributed by atoms with Crippen molar-refractivity contribution in [3.8, 4) is 22.5 Å². The Balaban J connectivity index is 1.38. The summed E-state index contributed by atoms with van der Waals surface area (Å²) in [5.74, 6) is -0.0871. The average molecular weight is 404 g/mol. The van der Waals surface area contributed by atoms with Crippen molar-refractivity contribution in [2.24, 2.45) is 4.99 Å². The van der Waals surface area contributed by atoms with Crippen molar-refractivity contribution in [1.29, 1.82) is 0 Å². The van der Waals surface area contributed by atoms with E-state index in [2.05, 4.69) is 37.6 Å². The Hall–Kier alpha value is -3.33. The van der Waals surface area contributed by atoms with Crippen LogP contribution < -0.4 is 9.79 Å². The van der Waals surface area contributed by atoms with Crippen LogP contribution in [0.25, 0.3) is 33.3 Å². The van der Waals surface area contributed by atoms with Gasteiger partial charge in [0, 0.05) is 22.3 Å². The van der Waals surface area contributed by atoms with Crippen molar-refractivity contribution in [2.45, 2.75) is 25.0 Å². The minimum Gasteiger partial charge on any atom is -0.861 e. The van der Waals surface area contributed by atoms with Gasteiger partial charge in [-0.25, -0.2) is 9.98 Å². The van der Waals surface area contributed by atoms with Crippen molar-refractivity contribution in [1.82, 2.24) is 20.5 Å².